The van der Waals surface area contributed by atoms with Gasteiger partial charge in [-0.2, -0.15) is 0 Å². The normalized spacial score (nSPS) is 12.7. The van der Waals surface area contributed by atoms with E-state index < -0.39 is 27.1 Å². The lowest BCUT2D eigenvalue weighted by atomic mass is 10.0. The zero-order valence-corrected chi connectivity index (χ0v) is 19.0. The van der Waals surface area contributed by atoms with Crippen LogP contribution in [0.25, 0.3) is 0 Å². The number of amides is 1. The van der Waals surface area contributed by atoms with Crippen LogP contribution in [0.1, 0.15) is 75.8 Å². The van der Waals surface area contributed by atoms with E-state index in [-0.39, 0.29) is 5.91 Å². The lowest BCUT2D eigenvalue weighted by molar-refractivity contribution is -0.122. The molecule has 0 radical (unpaired) electrons. The van der Waals surface area contributed by atoms with Crippen LogP contribution in [0.3, 0.4) is 0 Å². The Morgan fingerprint density at radius 2 is 1.63 bits per heavy atom. The number of rotatable bonds is 17. The number of aliphatic hydroxyl groups excluding tert-OH is 1. The van der Waals surface area contributed by atoms with Crippen LogP contribution in [0.2, 0.25) is 0 Å². The number of hydrogen-bond donors (Lipinski definition) is 4. The predicted octanol–water partition coefficient (Wildman–Crippen LogP) is 3.89. The summed E-state index contributed by atoms with van der Waals surface area (Å²) in [5, 5.41) is 11.7. The lowest BCUT2D eigenvalue weighted by Crippen LogP contribution is -2.40. The minimum Gasteiger partial charge on any atom is -0.394 e. The number of carbonyl (C=O) groups is 1. The molecule has 0 unspecified atom stereocenters. The van der Waals surface area contributed by atoms with Gasteiger partial charge in [0.1, 0.15) is 0 Å². The SMILES string of the molecule is CCCCCCCCc1cccc(CCCCC(=O)N[C@H](CO)COP(=O)(O)O)c1. The van der Waals surface area contributed by atoms with Crippen molar-refractivity contribution < 1.29 is 28.8 Å². The third-order valence-electron chi connectivity index (χ3n) is 4.96. The number of aliphatic hydroxyl groups is 1. The van der Waals surface area contributed by atoms with Crippen molar-refractivity contribution in [1.29, 1.82) is 0 Å². The first-order chi connectivity index (χ1) is 14.3. The van der Waals surface area contributed by atoms with Gasteiger partial charge < -0.3 is 20.2 Å². The Balaban J connectivity index is 2.23. The Labute approximate surface area is 180 Å². The van der Waals surface area contributed by atoms with Crippen LogP contribution >= 0.6 is 7.82 Å². The summed E-state index contributed by atoms with van der Waals surface area (Å²) in [5.74, 6) is -0.264. The fourth-order valence-corrected chi connectivity index (χ4v) is 3.67. The fourth-order valence-electron chi connectivity index (χ4n) is 3.29. The number of phosphoric ester groups is 1. The molecule has 0 aliphatic heterocycles. The first-order valence-electron chi connectivity index (χ1n) is 11.0. The van der Waals surface area contributed by atoms with Crippen LogP contribution in [0.15, 0.2) is 24.3 Å². The molecular formula is C22H38NO6P. The molecule has 0 bridgehead atoms. The molecule has 0 saturated carbocycles. The molecule has 0 aliphatic rings. The van der Waals surface area contributed by atoms with Crippen LogP contribution < -0.4 is 5.32 Å². The van der Waals surface area contributed by atoms with Gasteiger partial charge in [0.2, 0.25) is 5.91 Å². The van der Waals surface area contributed by atoms with Gasteiger partial charge in [0.15, 0.2) is 0 Å². The first kappa shape index (κ1) is 26.8. The van der Waals surface area contributed by atoms with Gasteiger partial charge in [-0.3, -0.25) is 9.32 Å². The van der Waals surface area contributed by atoms with E-state index in [1.165, 1.54) is 49.7 Å². The molecule has 1 aromatic rings. The van der Waals surface area contributed by atoms with Crippen molar-refractivity contribution in [1.82, 2.24) is 5.32 Å². The smallest absolute Gasteiger partial charge is 0.394 e. The number of phosphoric acid groups is 1. The molecule has 0 spiro atoms. The van der Waals surface area contributed by atoms with Gasteiger partial charge in [-0.1, -0.05) is 63.3 Å². The third kappa shape index (κ3) is 13.9. The second-order valence-electron chi connectivity index (χ2n) is 7.78. The van der Waals surface area contributed by atoms with Gasteiger partial charge in [0.25, 0.3) is 0 Å². The standard InChI is InChI=1S/C22H38NO6P/c1-2-3-4-5-6-7-11-19-13-10-14-20(16-19)12-8-9-15-22(25)23-21(17-24)18-29-30(26,27)28/h10,13-14,16,21,24H,2-9,11-12,15,17-18H2,1H3,(H,23,25)(H2,26,27,28)/t21-/m1/s1. The highest BCUT2D eigenvalue weighted by Crippen LogP contribution is 2.35. The third-order valence-corrected chi connectivity index (χ3v) is 5.44. The highest BCUT2D eigenvalue weighted by atomic mass is 31.2. The Morgan fingerprint density at radius 3 is 2.23 bits per heavy atom. The second kappa shape index (κ2) is 15.5. The van der Waals surface area contributed by atoms with E-state index in [0.29, 0.717) is 12.8 Å². The average molecular weight is 444 g/mol. The fraction of sp³-hybridized carbons (Fsp3) is 0.682. The summed E-state index contributed by atoms with van der Waals surface area (Å²) >= 11 is 0. The summed E-state index contributed by atoms with van der Waals surface area (Å²) in [6.07, 6.45) is 11.7. The van der Waals surface area contributed by atoms with Gasteiger partial charge in [-0.05, 0) is 43.2 Å². The molecule has 0 aromatic heterocycles. The van der Waals surface area contributed by atoms with Crippen LogP contribution in [0.5, 0.6) is 0 Å². The molecule has 0 saturated heterocycles. The maximum absolute atomic E-state index is 11.9. The minimum atomic E-state index is -4.62. The largest absolute Gasteiger partial charge is 0.469 e. The summed E-state index contributed by atoms with van der Waals surface area (Å²) in [6.45, 7) is 1.35. The summed E-state index contributed by atoms with van der Waals surface area (Å²) in [5.41, 5.74) is 2.65. The maximum atomic E-state index is 11.9. The van der Waals surface area contributed by atoms with Crippen molar-refractivity contribution in [2.45, 2.75) is 83.6 Å². The molecular weight excluding hydrogens is 405 g/mol. The summed E-state index contributed by atoms with van der Waals surface area (Å²) in [7, 11) is -4.62. The Kier molecular flexibility index (Phi) is 13.9. The van der Waals surface area contributed by atoms with Gasteiger partial charge >= 0.3 is 7.82 Å². The molecule has 0 heterocycles. The first-order valence-corrected chi connectivity index (χ1v) is 12.5. The Morgan fingerprint density at radius 1 is 1.03 bits per heavy atom. The Hall–Kier alpha value is -1.24. The van der Waals surface area contributed by atoms with Gasteiger partial charge in [-0.25, -0.2) is 4.57 Å². The molecule has 1 rings (SSSR count). The summed E-state index contributed by atoms with van der Waals surface area (Å²) in [6, 6.07) is 7.82. The van der Waals surface area contributed by atoms with Gasteiger partial charge in [0.05, 0.1) is 19.3 Å². The minimum absolute atomic E-state index is 0.264. The molecule has 8 heteroatoms. The molecule has 1 atom stereocenters. The van der Waals surface area contributed by atoms with E-state index in [1.807, 2.05) is 0 Å². The van der Waals surface area contributed by atoms with E-state index in [9.17, 15) is 14.5 Å². The van der Waals surface area contributed by atoms with Crippen LogP contribution in [0, 0.1) is 0 Å². The van der Waals surface area contributed by atoms with E-state index in [1.54, 1.807) is 0 Å². The number of carbonyl (C=O) groups excluding carboxylic acids is 1. The zero-order valence-electron chi connectivity index (χ0n) is 18.1. The van der Waals surface area contributed by atoms with E-state index in [4.69, 9.17) is 9.79 Å². The zero-order chi connectivity index (χ0) is 22.2. The Bertz CT molecular complexity index is 648. The summed E-state index contributed by atoms with van der Waals surface area (Å²) < 4.78 is 15.0. The topological polar surface area (TPSA) is 116 Å². The van der Waals surface area contributed by atoms with E-state index >= 15 is 0 Å². The number of nitrogens with one attached hydrogen (secondary N) is 1. The quantitative estimate of drug-likeness (QED) is 0.214. The van der Waals surface area contributed by atoms with Gasteiger partial charge in [-0.15, -0.1) is 0 Å². The van der Waals surface area contributed by atoms with Crippen LogP contribution in [-0.4, -0.2) is 40.1 Å². The van der Waals surface area contributed by atoms with Crippen molar-refractivity contribution >= 4 is 13.7 Å². The number of hydrogen-bond acceptors (Lipinski definition) is 4. The molecule has 172 valence electrons. The average Bonchev–Trinajstić information content (AvgIpc) is 2.70. The predicted molar refractivity (Wildman–Crippen MR) is 118 cm³/mol. The van der Waals surface area contributed by atoms with Crippen molar-refractivity contribution in [3.05, 3.63) is 35.4 Å². The molecule has 4 N–H and O–H groups in total. The molecule has 1 amide bonds. The lowest BCUT2D eigenvalue weighted by Gasteiger charge is -2.16. The second-order valence-corrected chi connectivity index (χ2v) is 9.02. The van der Waals surface area contributed by atoms with E-state index in [2.05, 4.69) is 41.0 Å². The van der Waals surface area contributed by atoms with Crippen LogP contribution in [-0.2, 0) is 26.7 Å². The van der Waals surface area contributed by atoms with E-state index in [0.717, 1.165) is 19.3 Å². The monoisotopic (exact) mass is 443 g/mol. The molecule has 1 aromatic carbocycles. The van der Waals surface area contributed by atoms with Crippen molar-refractivity contribution in [3.8, 4) is 0 Å². The van der Waals surface area contributed by atoms with Gasteiger partial charge in [0, 0.05) is 6.42 Å². The van der Waals surface area contributed by atoms with Crippen molar-refractivity contribution in [3.63, 3.8) is 0 Å². The molecule has 7 nitrogen and oxygen atoms in total. The van der Waals surface area contributed by atoms with Crippen molar-refractivity contribution in [2.75, 3.05) is 13.2 Å². The summed E-state index contributed by atoms with van der Waals surface area (Å²) in [4.78, 5) is 29.3. The van der Waals surface area contributed by atoms with Crippen molar-refractivity contribution in [2.24, 2.45) is 0 Å². The number of unbranched alkanes of at least 4 members (excludes halogenated alkanes) is 6. The number of benzene rings is 1. The molecule has 0 fully saturated rings. The van der Waals surface area contributed by atoms with Crippen LogP contribution in [0.4, 0.5) is 0 Å². The molecule has 0 aliphatic carbocycles. The number of aryl methyl sites for hydroxylation is 2. The highest BCUT2D eigenvalue weighted by molar-refractivity contribution is 7.46. The molecule has 30 heavy (non-hydrogen) atoms. The highest BCUT2D eigenvalue weighted by Gasteiger charge is 2.19. The maximum Gasteiger partial charge on any atom is 0.469 e.